The fraction of sp³-hybridized carbons (Fsp3) is 0.684. The summed E-state index contributed by atoms with van der Waals surface area (Å²) in [6, 6.07) is 9.35. The van der Waals surface area contributed by atoms with E-state index in [2.05, 4.69) is 62.2 Å². The van der Waals surface area contributed by atoms with Crippen LogP contribution in [0, 0.1) is 0 Å². The van der Waals surface area contributed by atoms with Crippen molar-refractivity contribution in [2.45, 2.75) is 65.8 Å². The van der Waals surface area contributed by atoms with Gasteiger partial charge in [0, 0.05) is 24.8 Å². The monoisotopic (exact) mass is 290 g/mol. The van der Waals surface area contributed by atoms with Crippen LogP contribution in [0.3, 0.4) is 0 Å². The van der Waals surface area contributed by atoms with Gasteiger partial charge >= 0.3 is 0 Å². The number of nitrogens with zero attached hydrogens (tertiary/aromatic N) is 1. The maximum absolute atomic E-state index is 3.63. The lowest BCUT2D eigenvalue weighted by molar-refractivity contribution is 0.567. The second-order valence-electron chi connectivity index (χ2n) is 5.93. The quantitative estimate of drug-likeness (QED) is 0.606. The fourth-order valence-corrected chi connectivity index (χ4v) is 2.66. The molecule has 0 aromatic heterocycles. The highest BCUT2D eigenvalue weighted by Gasteiger charge is 2.14. The Morgan fingerprint density at radius 1 is 0.952 bits per heavy atom. The molecule has 0 fully saturated rings. The lowest BCUT2D eigenvalue weighted by Gasteiger charge is -2.29. The number of rotatable bonds is 11. The molecule has 1 unspecified atom stereocenters. The number of benzene rings is 1. The average Bonchev–Trinajstić information content (AvgIpc) is 2.53. The third kappa shape index (κ3) is 6.09. The van der Waals surface area contributed by atoms with Crippen LogP contribution in [0.1, 0.15) is 71.4 Å². The Morgan fingerprint density at radius 3 is 2.14 bits per heavy atom. The number of anilines is 1. The van der Waals surface area contributed by atoms with Crippen LogP contribution in [0.25, 0.3) is 0 Å². The molecule has 0 aliphatic carbocycles. The molecule has 0 spiro atoms. The van der Waals surface area contributed by atoms with E-state index < -0.39 is 0 Å². The molecule has 2 nitrogen and oxygen atoms in total. The first-order valence-electron chi connectivity index (χ1n) is 8.81. The van der Waals surface area contributed by atoms with Crippen molar-refractivity contribution in [3.63, 3.8) is 0 Å². The van der Waals surface area contributed by atoms with Crippen LogP contribution >= 0.6 is 0 Å². The first-order chi connectivity index (χ1) is 10.2. The topological polar surface area (TPSA) is 15.3 Å². The molecule has 1 rings (SSSR count). The van der Waals surface area contributed by atoms with E-state index in [4.69, 9.17) is 0 Å². The van der Waals surface area contributed by atoms with Crippen molar-refractivity contribution in [1.82, 2.24) is 5.32 Å². The number of nitrogens with one attached hydrogen (secondary N) is 1. The summed E-state index contributed by atoms with van der Waals surface area (Å²) in [6.45, 7) is 12.5. The van der Waals surface area contributed by atoms with Crippen LogP contribution in [0.4, 0.5) is 5.69 Å². The lowest BCUT2D eigenvalue weighted by atomic mass is 10.0. The van der Waals surface area contributed by atoms with Gasteiger partial charge in [-0.2, -0.15) is 0 Å². The molecule has 2 heteroatoms. The minimum Gasteiger partial charge on any atom is -0.371 e. The molecule has 120 valence electrons. The molecule has 1 aromatic rings. The molecule has 0 aliphatic heterocycles. The molecule has 0 heterocycles. The number of hydrogen-bond donors (Lipinski definition) is 1. The average molecular weight is 290 g/mol. The van der Waals surface area contributed by atoms with Crippen LogP contribution in [-0.4, -0.2) is 19.6 Å². The summed E-state index contributed by atoms with van der Waals surface area (Å²) in [5.41, 5.74) is 2.87. The van der Waals surface area contributed by atoms with E-state index in [1.165, 1.54) is 56.4 Å². The van der Waals surface area contributed by atoms with Crippen LogP contribution in [0.2, 0.25) is 0 Å². The summed E-state index contributed by atoms with van der Waals surface area (Å²) in [4.78, 5) is 2.59. The van der Waals surface area contributed by atoms with E-state index >= 15 is 0 Å². The molecule has 0 bridgehead atoms. The summed E-state index contributed by atoms with van der Waals surface area (Å²) in [5.74, 6) is 0. The predicted octanol–water partition coefficient (Wildman–Crippen LogP) is 5.15. The molecule has 1 aromatic carbocycles. The molecular weight excluding hydrogens is 256 g/mol. The number of para-hydroxylation sites is 1. The van der Waals surface area contributed by atoms with Gasteiger partial charge in [0.05, 0.1) is 0 Å². The highest BCUT2D eigenvalue weighted by molar-refractivity contribution is 5.55. The second kappa shape index (κ2) is 10.7. The van der Waals surface area contributed by atoms with E-state index in [1.54, 1.807) is 0 Å². The molecule has 0 amide bonds. The molecule has 0 radical (unpaired) electrons. The van der Waals surface area contributed by atoms with Crippen molar-refractivity contribution in [3.05, 3.63) is 29.8 Å². The van der Waals surface area contributed by atoms with Crippen molar-refractivity contribution >= 4 is 5.69 Å². The second-order valence-corrected chi connectivity index (χ2v) is 5.93. The minimum atomic E-state index is 0.423. The third-order valence-corrected chi connectivity index (χ3v) is 4.01. The number of unbranched alkanes of at least 4 members (excludes halogenated alkanes) is 2. The van der Waals surface area contributed by atoms with Gasteiger partial charge in [-0.15, -0.1) is 0 Å². The van der Waals surface area contributed by atoms with Crippen LogP contribution in [0.15, 0.2) is 24.3 Å². The van der Waals surface area contributed by atoms with Crippen LogP contribution in [0.5, 0.6) is 0 Å². The lowest BCUT2D eigenvalue weighted by Crippen LogP contribution is -2.29. The van der Waals surface area contributed by atoms with Gasteiger partial charge < -0.3 is 10.2 Å². The van der Waals surface area contributed by atoms with E-state index in [0.29, 0.717) is 6.04 Å². The summed E-state index contributed by atoms with van der Waals surface area (Å²) in [7, 11) is 0. The van der Waals surface area contributed by atoms with Gasteiger partial charge in [0.2, 0.25) is 0 Å². The first kappa shape index (κ1) is 18.0. The zero-order valence-electron chi connectivity index (χ0n) is 14.5. The molecule has 21 heavy (non-hydrogen) atoms. The van der Waals surface area contributed by atoms with Gasteiger partial charge in [0.15, 0.2) is 0 Å². The minimum absolute atomic E-state index is 0.423. The SMILES string of the molecule is CCCCN(CCCC)c1ccccc1C(C)NCCC. The van der Waals surface area contributed by atoms with Gasteiger partial charge in [-0.05, 0) is 44.4 Å². The van der Waals surface area contributed by atoms with Gasteiger partial charge in [-0.3, -0.25) is 0 Å². The smallest absolute Gasteiger partial charge is 0.0414 e. The van der Waals surface area contributed by atoms with Crippen molar-refractivity contribution in [2.24, 2.45) is 0 Å². The Morgan fingerprint density at radius 2 is 1.57 bits per heavy atom. The molecule has 0 aliphatic rings. The van der Waals surface area contributed by atoms with Crippen molar-refractivity contribution in [3.8, 4) is 0 Å². The van der Waals surface area contributed by atoms with Gasteiger partial charge in [0.1, 0.15) is 0 Å². The molecule has 0 saturated carbocycles. The largest absolute Gasteiger partial charge is 0.371 e. The Balaban J connectivity index is 2.89. The maximum atomic E-state index is 3.63. The van der Waals surface area contributed by atoms with Crippen molar-refractivity contribution < 1.29 is 0 Å². The van der Waals surface area contributed by atoms with E-state index in [1.807, 2.05) is 0 Å². The van der Waals surface area contributed by atoms with E-state index in [9.17, 15) is 0 Å². The maximum Gasteiger partial charge on any atom is 0.0414 e. The summed E-state index contributed by atoms with van der Waals surface area (Å²) in [5, 5.41) is 3.63. The van der Waals surface area contributed by atoms with E-state index in [0.717, 1.165) is 6.54 Å². The fourth-order valence-electron chi connectivity index (χ4n) is 2.66. The summed E-state index contributed by atoms with van der Waals surface area (Å²) in [6.07, 6.45) is 6.24. The third-order valence-electron chi connectivity index (χ3n) is 4.01. The van der Waals surface area contributed by atoms with Crippen molar-refractivity contribution in [1.29, 1.82) is 0 Å². The summed E-state index contributed by atoms with van der Waals surface area (Å²) >= 11 is 0. The zero-order valence-corrected chi connectivity index (χ0v) is 14.5. The van der Waals surface area contributed by atoms with E-state index in [-0.39, 0.29) is 0 Å². The highest BCUT2D eigenvalue weighted by Crippen LogP contribution is 2.27. The zero-order chi connectivity index (χ0) is 15.5. The van der Waals surface area contributed by atoms with Crippen molar-refractivity contribution in [2.75, 3.05) is 24.5 Å². The molecule has 0 saturated heterocycles. The van der Waals surface area contributed by atoms with Crippen LogP contribution < -0.4 is 10.2 Å². The summed E-state index contributed by atoms with van der Waals surface area (Å²) < 4.78 is 0. The van der Waals surface area contributed by atoms with Gasteiger partial charge in [-0.25, -0.2) is 0 Å². The predicted molar refractivity (Wildman–Crippen MR) is 95.2 cm³/mol. The first-order valence-corrected chi connectivity index (χ1v) is 8.81. The normalized spacial score (nSPS) is 12.4. The number of hydrogen-bond acceptors (Lipinski definition) is 2. The van der Waals surface area contributed by atoms with Gasteiger partial charge in [-0.1, -0.05) is 51.8 Å². The standard InChI is InChI=1S/C19H34N2/c1-5-8-15-21(16-9-6-2)19-13-11-10-12-18(19)17(4)20-14-7-3/h10-13,17,20H,5-9,14-16H2,1-4H3. The Bertz CT molecular complexity index is 368. The van der Waals surface area contributed by atoms with Gasteiger partial charge in [0.25, 0.3) is 0 Å². The molecular formula is C19H34N2. The molecule has 1 atom stereocenters. The van der Waals surface area contributed by atoms with Crippen LogP contribution in [-0.2, 0) is 0 Å². The highest BCUT2D eigenvalue weighted by atomic mass is 15.1. The molecule has 1 N–H and O–H groups in total. The Kier molecular flexibility index (Phi) is 9.16. The Hall–Kier alpha value is -1.02. The Labute approximate surface area is 131 Å².